The number of carbonyl (C=O) groups is 2. The van der Waals surface area contributed by atoms with Crippen molar-refractivity contribution >= 4 is 66.7 Å². The van der Waals surface area contributed by atoms with Crippen molar-refractivity contribution in [3.05, 3.63) is 137 Å². The molecule has 0 bridgehead atoms. The van der Waals surface area contributed by atoms with Crippen LogP contribution in [0.1, 0.15) is 16.7 Å². The number of hydrogen-bond donors (Lipinski definition) is 2. The number of rotatable bonds is 10. The topological polar surface area (TPSA) is 128 Å². The maximum Gasteiger partial charge on any atom is 0.229 e. The first-order chi connectivity index (χ1) is 24.6. The highest BCUT2D eigenvalue weighted by atomic mass is 32.1. The van der Waals surface area contributed by atoms with Crippen molar-refractivity contribution in [1.29, 1.82) is 0 Å². The summed E-state index contributed by atoms with van der Waals surface area (Å²) in [6.45, 7) is 0.420. The highest BCUT2D eigenvalue weighted by Crippen LogP contribution is 2.33. The summed E-state index contributed by atoms with van der Waals surface area (Å²) in [7, 11) is 0. The van der Waals surface area contributed by atoms with Crippen LogP contribution in [0.3, 0.4) is 0 Å². The molecule has 0 saturated carbocycles. The van der Waals surface area contributed by atoms with Gasteiger partial charge in [-0.05, 0) is 68.6 Å². The van der Waals surface area contributed by atoms with Gasteiger partial charge in [0.05, 0.1) is 41.2 Å². The van der Waals surface area contributed by atoms with Crippen molar-refractivity contribution in [1.82, 2.24) is 29.7 Å². The molecule has 3 aromatic carbocycles. The van der Waals surface area contributed by atoms with Crippen LogP contribution >= 0.6 is 22.7 Å². The van der Waals surface area contributed by atoms with E-state index in [1.807, 2.05) is 78.2 Å². The van der Waals surface area contributed by atoms with Gasteiger partial charge in [0.2, 0.25) is 11.8 Å². The number of nitrogens with one attached hydrogen (secondary N) is 2. The van der Waals surface area contributed by atoms with E-state index in [-0.39, 0.29) is 24.7 Å². The Hall–Kier alpha value is -6.11. The molecule has 2 amide bonds. The number of hydrogen-bond acceptors (Lipinski definition) is 9. The second-order valence-corrected chi connectivity index (χ2v) is 13.4. The van der Waals surface area contributed by atoms with E-state index in [9.17, 15) is 9.59 Å². The average molecular weight is 693 g/mol. The Kier molecular flexibility index (Phi) is 8.60. The summed E-state index contributed by atoms with van der Waals surface area (Å²) in [5, 5.41) is 17.2. The summed E-state index contributed by atoms with van der Waals surface area (Å²) in [6, 6.07) is 27.6. The first-order valence-electron chi connectivity index (χ1n) is 15.8. The summed E-state index contributed by atoms with van der Waals surface area (Å²) in [4.78, 5) is 45.1. The molecule has 0 fully saturated rings. The zero-order chi connectivity index (χ0) is 33.9. The molecule has 244 valence electrons. The number of nitrogens with zero attached hydrogens (tertiary/aromatic N) is 6. The van der Waals surface area contributed by atoms with Crippen LogP contribution in [-0.2, 0) is 29.0 Å². The van der Waals surface area contributed by atoms with Crippen LogP contribution in [0.4, 0.5) is 10.7 Å². The minimum absolute atomic E-state index is 0.104. The van der Waals surface area contributed by atoms with Gasteiger partial charge in [-0.3, -0.25) is 19.6 Å². The van der Waals surface area contributed by atoms with E-state index in [4.69, 9.17) is 0 Å². The van der Waals surface area contributed by atoms with Crippen LogP contribution in [0.25, 0.3) is 43.6 Å². The quantitative estimate of drug-likeness (QED) is 0.151. The molecule has 0 saturated heterocycles. The first-order valence-corrected chi connectivity index (χ1v) is 17.6. The standard InChI is InChI=1S/C38H28N8O2S2/c47-33(44-32-13-16-49-36(32)31-9-1-2-14-40-31)19-27-7-3-5-25-11-10-24(17-30(25)27)21-46-37(41-22-43-46)35-38(50-23-42-35)45-34(48)18-26-6-4-8-28-20-39-15-12-29(26)28/h1-17,20,22-23H,18-19,21H2,(H,44,47)(H,45,48). The lowest BCUT2D eigenvalue weighted by Crippen LogP contribution is -2.15. The van der Waals surface area contributed by atoms with Crippen LogP contribution in [0.2, 0.25) is 0 Å². The van der Waals surface area contributed by atoms with Crippen LogP contribution in [0, 0.1) is 0 Å². The van der Waals surface area contributed by atoms with Gasteiger partial charge in [0.25, 0.3) is 0 Å². The van der Waals surface area contributed by atoms with E-state index in [1.54, 1.807) is 40.1 Å². The first kappa shape index (κ1) is 31.2. The molecule has 10 nitrogen and oxygen atoms in total. The van der Waals surface area contributed by atoms with Gasteiger partial charge >= 0.3 is 0 Å². The summed E-state index contributed by atoms with van der Waals surface area (Å²) in [6.07, 6.45) is 7.19. The predicted octanol–water partition coefficient (Wildman–Crippen LogP) is 7.64. The Morgan fingerprint density at radius 1 is 0.740 bits per heavy atom. The number of aromatic nitrogens is 6. The van der Waals surface area contributed by atoms with E-state index < -0.39 is 0 Å². The summed E-state index contributed by atoms with van der Waals surface area (Å²) in [5.41, 5.74) is 6.65. The fraction of sp³-hybridized carbons (Fsp3) is 0.0789. The van der Waals surface area contributed by atoms with Gasteiger partial charge in [-0.2, -0.15) is 5.10 Å². The van der Waals surface area contributed by atoms with E-state index in [0.717, 1.165) is 54.5 Å². The number of benzene rings is 3. The van der Waals surface area contributed by atoms with Crippen molar-refractivity contribution in [3.8, 4) is 22.1 Å². The Labute approximate surface area is 294 Å². The Balaban J connectivity index is 0.991. The van der Waals surface area contributed by atoms with Crippen molar-refractivity contribution < 1.29 is 9.59 Å². The van der Waals surface area contributed by atoms with E-state index >= 15 is 0 Å². The molecule has 5 aromatic heterocycles. The molecular formula is C38H28N8O2S2. The maximum atomic E-state index is 13.3. The molecule has 2 N–H and O–H groups in total. The smallest absolute Gasteiger partial charge is 0.229 e. The highest BCUT2D eigenvalue weighted by Gasteiger charge is 2.19. The second-order valence-electron chi connectivity index (χ2n) is 11.6. The number of fused-ring (bicyclic) bond motifs is 2. The zero-order valence-electron chi connectivity index (χ0n) is 26.5. The summed E-state index contributed by atoms with van der Waals surface area (Å²) < 4.78 is 1.77. The third kappa shape index (κ3) is 6.49. The lowest BCUT2D eigenvalue weighted by molar-refractivity contribution is -0.116. The fourth-order valence-electron chi connectivity index (χ4n) is 6.03. The van der Waals surface area contributed by atoms with Crippen molar-refractivity contribution in [2.24, 2.45) is 0 Å². The molecule has 0 aliphatic carbocycles. The average Bonchev–Trinajstić information content (AvgIpc) is 3.91. The van der Waals surface area contributed by atoms with Crippen molar-refractivity contribution in [3.63, 3.8) is 0 Å². The maximum absolute atomic E-state index is 13.3. The van der Waals surface area contributed by atoms with Gasteiger partial charge in [-0.1, -0.05) is 54.6 Å². The predicted molar refractivity (Wildman–Crippen MR) is 198 cm³/mol. The van der Waals surface area contributed by atoms with E-state index in [1.165, 1.54) is 17.7 Å². The monoisotopic (exact) mass is 692 g/mol. The molecule has 8 rings (SSSR count). The number of pyridine rings is 2. The number of carbonyl (C=O) groups excluding carboxylic acids is 2. The molecule has 12 heteroatoms. The normalized spacial score (nSPS) is 11.2. The Morgan fingerprint density at radius 2 is 1.58 bits per heavy atom. The molecule has 0 radical (unpaired) electrons. The third-order valence-corrected chi connectivity index (χ3v) is 10.0. The molecule has 0 atom stereocenters. The van der Waals surface area contributed by atoms with Gasteiger partial charge in [0.15, 0.2) is 5.82 Å². The van der Waals surface area contributed by atoms with Crippen molar-refractivity contribution in [2.45, 2.75) is 19.4 Å². The Bertz CT molecular complexity index is 2480. The number of thiophene rings is 1. The van der Waals surface area contributed by atoms with Crippen LogP contribution in [0.5, 0.6) is 0 Å². The largest absolute Gasteiger partial charge is 0.324 e. The molecule has 5 heterocycles. The molecule has 8 aromatic rings. The van der Waals surface area contributed by atoms with Gasteiger partial charge in [-0.25, -0.2) is 14.6 Å². The Morgan fingerprint density at radius 3 is 2.44 bits per heavy atom. The molecule has 0 aliphatic rings. The molecule has 0 spiro atoms. The van der Waals surface area contributed by atoms with Gasteiger partial charge in [-0.15, -0.1) is 22.7 Å². The van der Waals surface area contributed by atoms with Gasteiger partial charge < -0.3 is 10.6 Å². The number of amides is 2. The zero-order valence-corrected chi connectivity index (χ0v) is 28.1. The van der Waals surface area contributed by atoms with Crippen LogP contribution in [0.15, 0.2) is 121 Å². The SMILES string of the molecule is O=C(Cc1cccc2ccc(Cn3ncnc3-c3ncsc3NC(=O)Cc3cccc4cnccc34)cc12)Nc1ccsc1-c1ccccn1. The number of thiazole rings is 1. The minimum atomic E-state index is -0.149. The highest BCUT2D eigenvalue weighted by molar-refractivity contribution is 7.14. The molecular weight excluding hydrogens is 665 g/mol. The van der Waals surface area contributed by atoms with Gasteiger partial charge in [0.1, 0.15) is 17.0 Å². The lowest BCUT2D eigenvalue weighted by atomic mass is 9.99. The van der Waals surface area contributed by atoms with E-state index in [0.29, 0.717) is 23.1 Å². The summed E-state index contributed by atoms with van der Waals surface area (Å²) >= 11 is 2.88. The second kappa shape index (κ2) is 13.8. The number of anilines is 2. The molecule has 0 aliphatic heterocycles. The van der Waals surface area contributed by atoms with Crippen molar-refractivity contribution in [2.75, 3.05) is 10.6 Å². The molecule has 0 unspecified atom stereocenters. The van der Waals surface area contributed by atoms with Crippen LogP contribution < -0.4 is 10.6 Å². The molecule has 50 heavy (non-hydrogen) atoms. The summed E-state index contributed by atoms with van der Waals surface area (Å²) in [5.74, 6) is 0.293. The van der Waals surface area contributed by atoms with Crippen LogP contribution in [-0.4, -0.2) is 41.5 Å². The fourth-order valence-corrected chi connectivity index (χ4v) is 7.55. The van der Waals surface area contributed by atoms with Gasteiger partial charge in [0, 0.05) is 24.0 Å². The van der Waals surface area contributed by atoms with E-state index in [2.05, 4.69) is 47.8 Å². The lowest BCUT2D eigenvalue weighted by Gasteiger charge is -2.11. The minimum Gasteiger partial charge on any atom is -0.324 e. The third-order valence-electron chi connectivity index (χ3n) is 8.33.